The van der Waals surface area contributed by atoms with Gasteiger partial charge in [-0.25, -0.2) is 4.79 Å². The monoisotopic (exact) mass is 292 g/mol. The van der Waals surface area contributed by atoms with E-state index < -0.39 is 5.97 Å². The number of benzene rings is 1. The fraction of sp³-hybridized carbons (Fsp3) is 0.143. The molecule has 1 aromatic heterocycles. The molecule has 2 rings (SSSR count). The summed E-state index contributed by atoms with van der Waals surface area (Å²) >= 11 is 5.96. The zero-order chi connectivity index (χ0) is 14.4. The number of H-pyrrole nitrogens is 1. The summed E-state index contributed by atoms with van der Waals surface area (Å²) in [5.74, 6) is -0.951. The predicted molar refractivity (Wildman–Crippen MR) is 74.4 cm³/mol. The number of hydrogen-bond acceptors (Lipinski definition) is 3. The number of aromatic amines is 1. The lowest BCUT2D eigenvalue weighted by Gasteiger charge is -2.07. The van der Waals surface area contributed by atoms with E-state index in [4.69, 9.17) is 16.3 Å². The van der Waals surface area contributed by atoms with Crippen LogP contribution in [0.15, 0.2) is 42.6 Å². The lowest BCUT2D eigenvalue weighted by Crippen LogP contribution is -2.28. The third-order valence-electron chi connectivity index (χ3n) is 2.59. The second-order valence-corrected chi connectivity index (χ2v) is 4.44. The maximum absolute atomic E-state index is 11.6. The van der Waals surface area contributed by atoms with E-state index in [0.717, 1.165) is 5.56 Å². The highest BCUT2D eigenvalue weighted by atomic mass is 35.5. The Morgan fingerprint density at radius 1 is 1.20 bits per heavy atom. The average Bonchev–Trinajstić information content (AvgIpc) is 2.98. The standard InChI is InChI=1S/C14H13ClN2O3/c15-11-5-2-1-4-10(11)8-17-13(18)9-20-14(19)12-6-3-7-16-12/h1-7,16H,8-9H2,(H,17,18). The Morgan fingerprint density at radius 2 is 2.00 bits per heavy atom. The van der Waals surface area contributed by atoms with Crippen molar-refractivity contribution in [2.24, 2.45) is 0 Å². The van der Waals surface area contributed by atoms with Crippen LogP contribution in [-0.2, 0) is 16.1 Å². The van der Waals surface area contributed by atoms with E-state index in [1.165, 1.54) is 0 Å². The number of nitrogens with one attached hydrogen (secondary N) is 2. The number of esters is 1. The van der Waals surface area contributed by atoms with Gasteiger partial charge in [0.2, 0.25) is 0 Å². The van der Waals surface area contributed by atoms with Gasteiger partial charge < -0.3 is 15.0 Å². The summed E-state index contributed by atoms with van der Waals surface area (Å²) in [4.78, 5) is 25.7. The Kier molecular flexibility index (Phi) is 4.79. The largest absolute Gasteiger partial charge is 0.451 e. The Hall–Kier alpha value is -2.27. The van der Waals surface area contributed by atoms with Gasteiger partial charge in [-0.05, 0) is 23.8 Å². The molecule has 0 aliphatic heterocycles. The second-order valence-electron chi connectivity index (χ2n) is 4.03. The van der Waals surface area contributed by atoms with Crippen molar-refractivity contribution < 1.29 is 14.3 Å². The molecule has 2 N–H and O–H groups in total. The molecule has 0 unspecified atom stereocenters. The van der Waals surface area contributed by atoms with Gasteiger partial charge in [-0.1, -0.05) is 29.8 Å². The molecule has 0 fully saturated rings. The van der Waals surface area contributed by atoms with Crippen molar-refractivity contribution in [1.82, 2.24) is 10.3 Å². The Bertz CT molecular complexity index is 596. The third kappa shape index (κ3) is 3.86. The lowest BCUT2D eigenvalue weighted by molar-refractivity contribution is -0.124. The first-order valence-corrected chi connectivity index (χ1v) is 6.35. The van der Waals surface area contributed by atoms with Gasteiger partial charge in [0.15, 0.2) is 6.61 Å². The van der Waals surface area contributed by atoms with Crippen LogP contribution in [0.2, 0.25) is 5.02 Å². The van der Waals surface area contributed by atoms with Crippen LogP contribution in [0.3, 0.4) is 0 Å². The maximum atomic E-state index is 11.6. The SMILES string of the molecule is O=C(COC(=O)c1ccc[nH]1)NCc1ccccc1Cl. The van der Waals surface area contributed by atoms with Gasteiger partial charge in [0, 0.05) is 17.8 Å². The molecule has 2 aromatic rings. The summed E-state index contributed by atoms with van der Waals surface area (Å²) in [7, 11) is 0. The van der Waals surface area contributed by atoms with Crippen LogP contribution >= 0.6 is 11.6 Å². The zero-order valence-electron chi connectivity index (χ0n) is 10.6. The van der Waals surface area contributed by atoms with Gasteiger partial charge in [0.1, 0.15) is 5.69 Å². The molecule has 5 nitrogen and oxygen atoms in total. The molecule has 1 aromatic carbocycles. The van der Waals surface area contributed by atoms with Crippen LogP contribution in [0.5, 0.6) is 0 Å². The van der Waals surface area contributed by atoms with Crippen LogP contribution in [0.1, 0.15) is 16.1 Å². The molecule has 1 heterocycles. The summed E-state index contributed by atoms with van der Waals surface area (Å²) in [6.45, 7) is -0.0408. The molecule has 0 aliphatic carbocycles. The van der Waals surface area contributed by atoms with Crippen molar-refractivity contribution in [2.75, 3.05) is 6.61 Å². The first-order chi connectivity index (χ1) is 9.66. The lowest BCUT2D eigenvalue weighted by atomic mass is 10.2. The second kappa shape index (κ2) is 6.77. The van der Waals surface area contributed by atoms with Crippen molar-refractivity contribution in [3.05, 3.63) is 58.9 Å². The quantitative estimate of drug-likeness (QED) is 0.830. The topological polar surface area (TPSA) is 71.2 Å². The summed E-state index contributed by atoms with van der Waals surface area (Å²) in [5.41, 5.74) is 1.11. The number of carbonyl (C=O) groups is 2. The normalized spacial score (nSPS) is 10.1. The number of carbonyl (C=O) groups excluding carboxylic acids is 2. The van der Waals surface area contributed by atoms with Crippen molar-refractivity contribution in [3.63, 3.8) is 0 Å². The van der Waals surface area contributed by atoms with Gasteiger partial charge in [0.05, 0.1) is 0 Å². The van der Waals surface area contributed by atoms with Crippen molar-refractivity contribution in [3.8, 4) is 0 Å². The maximum Gasteiger partial charge on any atom is 0.355 e. The van der Waals surface area contributed by atoms with E-state index >= 15 is 0 Å². The van der Waals surface area contributed by atoms with Gasteiger partial charge in [-0.2, -0.15) is 0 Å². The first kappa shape index (κ1) is 14.1. The van der Waals surface area contributed by atoms with Crippen molar-refractivity contribution in [2.45, 2.75) is 6.54 Å². The van der Waals surface area contributed by atoms with E-state index in [9.17, 15) is 9.59 Å². The molecule has 0 spiro atoms. The first-order valence-electron chi connectivity index (χ1n) is 5.97. The minimum Gasteiger partial charge on any atom is -0.451 e. The molecule has 0 saturated carbocycles. The van der Waals surface area contributed by atoms with Crippen LogP contribution in [-0.4, -0.2) is 23.5 Å². The molecule has 0 radical (unpaired) electrons. The summed E-state index contributed by atoms with van der Waals surface area (Å²) < 4.78 is 4.85. The van der Waals surface area contributed by atoms with Crippen LogP contribution < -0.4 is 5.32 Å². The Morgan fingerprint density at radius 3 is 2.70 bits per heavy atom. The molecule has 1 amide bonds. The molecule has 0 aliphatic rings. The van der Waals surface area contributed by atoms with E-state index in [0.29, 0.717) is 17.3 Å². The minimum atomic E-state index is -0.567. The Labute approximate surface area is 120 Å². The van der Waals surface area contributed by atoms with Crippen LogP contribution in [0.25, 0.3) is 0 Å². The molecule has 0 bridgehead atoms. The van der Waals surface area contributed by atoms with Crippen LogP contribution in [0.4, 0.5) is 0 Å². The minimum absolute atomic E-state index is 0.290. The average molecular weight is 293 g/mol. The van der Waals surface area contributed by atoms with E-state index in [1.54, 1.807) is 24.4 Å². The zero-order valence-corrected chi connectivity index (χ0v) is 11.3. The van der Waals surface area contributed by atoms with Gasteiger partial charge in [-0.3, -0.25) is 4.79 Å². The van der Waals surface area contributed by atoms with Crippen molar-refractivity contribution in [1.29, 1.82) is 0 Å². The summed E-state index contributed by atoms with van der Waals surface area (Å²) in [6, 6.07) is 10.4. The molecular formula is C14H13ClN2O3. The van der Waals surface area contributed by atoms with Crippen molar-refractivity contribution >= 4 is 23.5 Å². The summed E-state index contributed by atoms with van der Waals surface area (Å²) in [5, 5.41) is 3.21. The number of rotatable bonds is 5. The molecule has 104 valence electrons. The molecular weight excluding hydrogens is 280 g/mol. The smallest absolute Gasteiger partial charge is 0.355 e. The highest BCUT2D eigenvalue weighted by Gasteiger charge is 2.10. The fourth-order valence-corrected chi connectivity index (χ4v) is 1.76. The highest BCUT2D eigenvalue weighted by molar-refractivity contribution is 6.31. The van der Waals surface area contributed by atoms with E-state index in [1.807, 2.05) is 18.2 Å². The fourth-order valence-electron chi connectivity index (χ4n) is 1.55. The number of hydrogen-bond donors (Lipinski definition) is 2. The predicted octanol–water partition coefficient (Wildman–Crippen LogP) is 2.14. The van der Waals surface area contributed by atoms with Crippen LogP contribution in [0, 0.1) is 0 Å². The molecule has 6 heteroatoms. The van der Waals surface area contributed by atoms with Gasteiger partial charge in [-0.15, -0.1) is 0 Å². The van der Waals surface area contributed by atoms with Gasteiger partial charge in [0.25, 0.3) is 5.91 Å². The molecule has 0 atom stereocenters. The molecule has 20 heavy (non-hydrogen) atoms. The van der Waals surface area contributed by atoms with E-state index in [-0.39, 0.29) is 12.5 Å². The number of amides is 1. The number of halogens is 1. The Balaban J connectivity index is 1.76. The van der Waals surface area contributed by atoms with Gasteiger partial charge >= 0.3 is 5.97 Å². The molecule has 0 saturated heterocycles. The van der Waals surface area contributed by atoms with E-state index in [2.05, 4.69) is 10.3 Å². The third-order valence-corrected chi connectivity index (χ3v) is 2.95. The summed E-state index contributed by atoms with van der Waals surface area (Å²) in [6.07, 6.45) is 1.61. The highest BCUT2D eigenvalue weighted by Crippen LogP contribution is 2.14. The number of ether oxygens (including phenoxy) is 1. The number of aromatic nitrogens is 1.